The molecule has 0 saturated heterocycles. The molecular formula is C27H27N3O4S. The van der Waals surface area contributed by atoms with Crippen molar-refractivity contribution in [2.75, 3.05) is 25.2 Å². The minimum Gasteiger partial charge on any atom is -0.502 e. The fourth-order valence-corrected chi connectivity index (χ4v) is 6.11. The molecule has 1 fully saturated rings. The molecule has 180 valence electrons. The second-order valence-corrected chi connectivity index (χ2v) is 10.5. The molecule has 0 bridgehead atoms. The lowest BCUT2D eigenvalue weighted by Crippen LogP contribution is -2.46. The van der Waals surface area contributed by atoms with E-state index in [-0.39, 0.29) is 11.6 Å². The second kappa shape index (κ2) is 9.00. The number of rotatable bonds is 6. The fraction of sp³-hybridized carbons (Fsp3) is 0.333. The zero-order valence-electron chi connectivity index (χ0n) is 19.3. The number of fused-ring (bicyclic) bond motifs is 3. The zero-order chi connectivity index (χ0) is 23.9. The number of hydrogen-bond donors (Lipinski definition) is 2. The van der Waals surface area contributed by atoms with E-state index in [2.05, 4.69) is 47.9 Å². The number of amides is 1. The molecule has 35 heavy (non-hydrogen) atoms. The number of carbonyl (C=O) groups excluding carboxylic acids is 1. The van der Waals surface area contributed by atoms with E-state index in [0.29, 0.717) is 31.7 Å². The molecule has 1 aromatic heterocycles. The summed E-state index contributed by atoms with van der Waals surface area (Å²) in [5, 5.41) is 10.1. The molecule has 1 amide bonds. The van der Waals surface area contributed by atoms with Crippen LogP contribution in [0.25, 0.3) is 0 Å². The van der Waals surface area contributed by atoms with Crippen LogP contribution < -0.4 is 15.6 Å². The first kappa shape index (κ1) is 22.1. The molecule has 0 radical (unpaired) electrons. The quantitative estimate of drug-likeness (QED) is 0.548. The SMILES string of the molecule is O=C1c2c(O)c(=O)ccn2NCN1CC[C@H]1C[C@H]1COc1cccc2c1Cc1ccccc1SC2. The number of ether oxygens (including phenoxy) is 1. The summed E-state index contributed by atoms with van der Waals surface area (Å²) < 4.78 is 7.76. The summed E-state index contributed by atoms with van der Waals surface area (Å²) in [6.07, 6.45) is 4.33. The Morgan fingerprint density at radius 3 is 2.83 bits per heavy atom. The number of hydrogen-bond acceptors (Lipinski definition) is 6. The lowest BCUT2D eigenvalue weighted by molar-refractivity contribution is 0.0717. The third-order valence-corrected chi connectivity index (χ3v) is 8.40. The maximum Gasteiger partial charge on any atom is 0.277 e. The summed E-state index contributed by atoms with van der Waals surface area (Å²) in [5.41, 5.74) is 6.49. The zero-order valence-corrected chi connectivity index (χ0v) is 20.1. The number of aromatic nitrogens is 1. The Balaban J connectivity index is 1.05. The van der Waals surface area contributed by atoms with Crippen LogP contribution in [-0.4, -0.2) is 40.4 Å². The number of carbonyl (C=O) groups is 1. The predicted molar refractivity (Wildman–Crippen MR) is 135 cm³/mol. The normalized spacial score (nSPS) is 20.2. The van der Waals surface area contributed by atoms with Crippen molar-refractivity contribution >= 4 is 17.7 Å². The topological polar surface area (TPSA) is 83.8 Å². The van der Waals surface area contributed by atoms with Crippen molar-refractivity contribution in [1.82, 2.24) is 9.58 Å². The van der Waals surface area contributed by atoms with Gasteiger partial charge in [-0.15, -0.1) is 11.8 Å². The summed E-state index contributed by atoms with van der Waals surface area (Å²) in [6.45, 7) is 1.60. The first-order valence-electron chi connectivity index (χ1n) is 12.0. The number of nitrogens with zero attached hydrogens (tertiary/aromatic N) is 2. The number of pyridine rings is 1. The smallest absolute Gasteiger partial charge is 0.277 e. The maximum absolute atomic E-state index is 12.8. The third kappa shape index (κ3) is 4.27. The van der Waals surface area contributed by atoms with Crippen LogP contribution in [0.1, 0.15) is 40.0 Å². The first-order valence-corrected chi connectivity index (χ1v) is 13.0. The molecule has 0 spiro atoms. The Hall–Kier alpha value is -3.39. The maximum atomic E-state index is 12.8. The van der Waals surface area contributed by atoms with Crippen molar-refractivity contribution in [3.8, 4) is 11.5 Å². The van der Waals surface area contributed by atoms with Crippen molar-refractivity contribution < 1.29 is 14.6 Å². The predicted octanol–water partition coefficient (Wildman–Crippen LogP) is 3.81. The van der Waals surface area contributed by atoms with E-state index in [9.17, 15) is 14.7 Å². The highest BCUT2D eigenvalue weighted by Crippen LogP contribution is 2.43. The van der Waals surface area contributed by atoms with Gasteiger partial charge in [0.15, 0.2) is 11.4 Å². The van der Waals surface area contributed by atoms with Gasteiger partial charge in [-0.05, 0) is 47.9 Å². The number of thioether (sulfide) groups is 1. The van der Waals surface area contributed by atoms with Gasteiger partial charge in [-0.25, -0.2) is 0 Å². The van der Waals surface area contributed by atoms with Gasteiger partial charge >= 0.3 is 0 Å². The average Bonchev–Trinajstić information content (AvgIpc) is 3.65. The van der Waals surface area contributed by atoms with Crippen molar-refractivity contribution in [3.63, 3.8) is 0 Å². The van der Waals surface area contributed by atoms with Gasteiger partial charge in [-0.1, -0.05) is 30.3 Å². The fourth-order valence-electron chi connectivity index (χ4n) is 5.03. The van der Waals surface area contributed by atoms with Gasteiger partial charge in [-0.2, -0.15) is 0 Å². The van der Waals surface area contributed by atoms with Crippen LogP contribution in [0.5, 0.6) is 11.5 Å². The summed E-state index contributed by atoms with van der Waals surface area (Å²) in [7, 11) is 0. The number of aromatic hydroxyl groups is 1. The van der Waals surface area contributed by atoms with Gasteiger partial charge in [0.2, 0.25) is 5.43 Å². The van der Waals surface area contributed by atoms with Crippen LogP contribution in [0.15, 0.2) is 64.4 Å². The van der Waals surface area contributed by atoms with Crippen molar-refractivity contribution in [3.05, 3.63) is 87.3 Å². The third-order valence-electron chi connectivity index (χ3n) is 7.24. The van der Waals surface area contributed by atoms with E-state index >= 15 is 0 Å². The van der Waals surface area contributed by atoms with Crippen LogP contribution >= 0.6 is 11.8 Å². The van der Waals surface area contributed by atoms with E-state index in [1.807, 2.05) is 11.8 Å². The van der Waals surface area contributed by atoms with Crippen LogP contribution in [0.4, 0.5) is 0 Å². The van der Waals surface area contributed by atoms with Crippen LogP contribution in [-0.2, 0) is 12.2 Å². The highest BCUT2D eigenvalue weighted by Gasteiger charge is 2.38. The van der Waals surface area contributed by atoms with Gasteiger partial charge in [0, 0.05) is 41.4 Å². The summed E-state index contributed by atoms with van der Waals surface area (Å²) in [5.74, 6) is 2.11. The lowest BCUT2D eigenvalue weighted by Gasteiger charge is -2.31. The largest absolute Gasteiger partial charge is 0.502 e. The molecule has 6 rings (SSSR count). The van der Waals surface area contributed by atoms with Crippen LogP contribution in [0.3, 0.4) is 0 Å². The molecule has 8 heteroatoms. The first-order chi connectivity index (χ1) is 17.1. The minimum atomic E-state index is -0.548. The average molecular weight is 490 g/mol. The highest BCUT2D eigenvalue weighted by molar-refractivity contribution is 7.98. The Morgan fingerprint density at radius 1 is 1.06 bits per heavy atom. The minimum absolute atomic E-state index is 0.00365. The van der Waals surface area contributed by atoms with Gasteiger partial charge in [-0.3, -0.25) is 14.3 Å². The highest BCUT2D eigenvalue weighted by atomic mass is 32.2. The summed E-state index contributed by atoms with van der Waals surface area (Å²) in [6, 6.07) is 16.2. The van der Waals surface area contributed by atoms with Crippen molar-refractivity contribution in [2.24, 2.45) is 11.8 Å². The molecule has 2 N–H and O–H groups in total. The van der Waals surface area contributed by atoms with Crippen LogP contribution in [0, 0.1) is 11.8 Å². The number of benzene rings is 2. The summed E-state index contributed by atoms with van der Waals surface area (Å²) >= 11 is 1.89. The molecule has 1 aliphatic carbocycles. The molecule has 0 unspecified atom stereocenters. The Labute approximate surface area is 207 Å². The van der Waals surface area contributed by atoms with Crippen LogP contribution in [0.2, 0.25) is 0 Å². The second-order valence-electron chi connectivity index (χ2n) is 9.45. The van der Waals surface area contributed by atoms with Crippen molar-refractivity contribution in [2.45, 2.75) is 29.9 Å². The Kier molecular flexibility index (Phi) is 5.68. The monoisotopic (exact) mass is 489 g/mol. The van der Waals surface area contributed by atoms with Gasteiger partial charge < -0.3 is 20.2 Å². The van der Waals surface area contributed by atoms with E-state index < -0.39 is 11.2 Å². The number of nitrogens with one attached hydrogen (secondary N) is 1. The molecule has 2 atom stereocenters. The molecule has 3 heterocycles. The van der Waals surface area contributed by atoms with Gasteiger partial charge in [0.1, 0.15) is 12.4 Å². The van der Waals surface area contributed by atoms with Gasteiger partial charge in [0.25, 0.3) is 5.91 Å². The van der Waals surface area contributed by atoms with Gasteiger partial charge in [0.05, 0.1) is 6.61 Å². The van der Waals surface area contributed by atoms with E-state index in [0.717, 1.165) is 30.8 Å². The summed E-state index contributed by atoms with van der Waals surface area (Å²) in [4.78, 5) is 27.5. The molecule has 2 aromatic carbocycles. The molecule has 2 aliphatic heterocycles. The van der Waals surface area contributed by atoms with E-state index in [1.165, 1.54) is 38.5 Å². The molecule has 7 nitrogen and oxygen atoms in total. The molecular weight excluding hydrogens is 462 g/mol. The Morgan fingerprint density at radius 2 is 1.91 bits per heavy atom. The standard InChI is InChI=1S/C27H27N3O4S/c31-22-9-11-30-25(26(22)32)27(33)29(16-28-30)10-8-17-12-20(17)14-34-23-6-3-5-19-15-35-24-7-2-1-4-18(24)13-21(19)23/h1-7,9,11,17,20,28,32H,8,10,12-16H2/t17-,20-/m0/s1. The molecule has 3 aromatic rings. The van der Waals surface area contributed by atoms with E-state index in [4.69, 9.17) is 4.74 Å². The van der Waals surface area contributed by atoms with Crippen molar-refractivity contribution in [1.29, 1.82) is 0 Å². The van der Waals surface area contributed by atoms with E-state index in [1.54, 1.807) is 4.90 Å². The lowest BCUT2D eigenvalue weighted by atomic mass is 9.99. The molecule has 1 saturated carbocycles. The Bertz CT molecular complexity index is 1350. The molecule has 3 aliphatic rings.